The van der Waals surface area contributed by atoms with Gasteiger partial charge in [-0.2, -0.15) is 0 Å². The Morgan fingerprint density at radius 3 is 1.73 bits per heavy atom. The van der Waals surface area contributed by atoms with Gasteiger partial charge in [0, 0.05) is 22.1 Å². The van der Waals surface area contributed by atoms with E-state index in [-0.39, 0.29) is 0 Å². The lowest BCUT2D eigenvalue weighted by Gasteiger charge is -2.26. The van der Waals surface area contributed by atoms with Gasteiger partial charge in [-0.1, -0.05) is 158 Å². The molecule has 52 heavy (non-hydrogen) atoms. The molecule has 0 saturated heterocycles. The van der Waals surface area contributed by atoms with Crippen LogP contribution in [0.2, 0.25) is 0 Å². The van der Waals surface area contributed by atoms with E-state index in [2.05, 4.69) is 205 Å². The van der Waals surface area contributed by atoms with Crippen molar-refractivity contribution in [1.29, 1.82) is 0 Å². The molecule has 0 fully saturated rings. The van der Waals surface area contributed by atoms with Crippen LogP contribution < -0.4 is 4.90 Å². The summed E-state index contributed by atoms with van der Waals surface area (Å²) in [5, 5.41) is 6.94. The number of nitrogens with zero attached hydrogens (tertiary/aromatic N) is 1. The van der Waals surface area contributed by atoms with Crippen molar-refractivity contribution in [3.63, 3.8) is 0 Å². The Bertz CT molecular complexity index is 2880. The lowest BCUT2D eigenvalue weighted by molar-refractivity contribution is 0.672. The van der Waals surface area contributed by atoms with Gasteiger partial charge in [0.15, 0.2) is 0 Å². The van der Waals surface area contributed by atoms with Crippen molar-refractivity contribution in [2.24, 2.45) is 0 Å². The van der Waals surface area contributed by atoms with Crippen molar-refractivity contribution >= 4 is 60.5 Å². The second kappa shape index (κ2) is 12.5. The van der Waals surface area contributed by atoms with E-state index in [0.29, 0.717) is 0 Å². The van der Waals surface area contributed by atoms with E-state index in [1.54, 1.807) is 0 Å². The number of hydrogen-bond donors (Lipinski definition) is 0. The van der Waals surface area contributed by atoms with E-state index in [4.69, 9.17) is 4.42 Å². The average Bonchev–Trinajstić information content (AvgIpc) is 3.61. The van der Waals surface area contributed by atoms with Gasteiger partial charge >= 0.3 is 0 Å². The minimum Gasteiger partial charge on any atom is -0.455 e. The van der Waals surface area contributed by atoms with Crippen LogP contribution in [0.3, 0.4) is 0 Å². The Labute approximate surface area is 302 Å². The number of furan rings is 1. The zero-order valence-electron chi connectivity index (χ0n) is 28.4. The van der Waals surface area contributed by atoms with Crippen molar-refractivity contribution in [3.05, 3.63) is 200 Å². The van der Waals surface area contributed by atoms with Gasteiger partial charge in [-0.3, -0.25) is 0 Å². The number of rotatable bonds is 6. The predicted molar refractivity (Wildman–Crippen MR) is 220 cm³/mol. The fraction of sp³-hybridized carbons (Fsp3) is 0. The molecular formula is C50H33NO. The van der Waals surface area contributed by atoms with Gasteiger partial charge in [-0.15, -0.1) is 0 Å². The molecule has 0 aliphatic heterocycles. The lowest BCUT2D eigenvalue weighted by Crippen LogP contribution is -2.10. The molecule has 2 nitrogen and oxygen atoms in total. The predicted octanol–water partition coefficient (Wildman–Crippen LogP) is 14.4. The van der Waals surface area contributed by atoms with Gasteiger partial charge in [0.05, 0.1) is 11.1 Å². The molecule has 0 aliphatic carbocycles. The number of anilines is 3. The molecular weight excluding hydrogens is 631 g/mol. The van der Waals surface area contributed by atoms with Crippen LogP contribution in [0.1, 0.15) is 0 Å². The van der Waals surface area contributed by atoms with Crippen LogP contribution in [0.5, 0.6) is 0 Å². The van der Waals surface area contributed by atoms with E-state index in [0.717, 1.165) is 50.0 Å². The summed E-state index contributed by atoms with van der Waals surface area (Å²) in [7, 11) is 0. The molecule has 0 bridgehead atoms. The molecule has 9 aromatic carbocycles. The Balaban J connectivity index is 1.19. The first-order chi connectivity index (χ1) is 25.8. The Morgan fingerprint density at radius 2 is 0.923 bits per heavy atom. The molecule has 0 aliphatic rings. The van der Waals surface area contributed by atoms with Crippen molar-refractivity contribution in [2.45, 2.75) is 0 Å². The molecule has 0 unspecified atom stereocenters. The fourth-order valence-electron chi connectivity index (χ4n) is 7.81. The zero-order chi connectivity index (χ0) is 34.4. The van der Waals surface area contributed by atoms with E-state index in [1.807, 2.05) is 0 Å². The smallest absolute Gasteiger partial charge is 0.143 e. The molecule has 10 rings (SSSR count). The highest BCUT2D eigenvalue weighted by molar-refractivity contribution is 6.23. The molecule has 2 heteroatoms. The Kier molecular flexibility index (Phi) is 7.18. The molecule has 1 heterocycles. The van der Waals surface area contributed by atoms with Crippen molar-refractivity contribution in [2.75, 3.05) is 4.90 Å². The monoisotopic (exact) mass is 663 g/mol. The van der Waals surface area contributed by atoms with Crippen molar-refractivity contribution in [3.8, 4) is 33.4 Å². The highest BCUT2D eigenvalue weighted by atomic mass is 16.3. The SMILES string of the molecule is c1ccc(-c2ccc(-c3cccc(N(c4ccccc4)c4cccc5oc6c7ccccc7c(-c7cccc8ccccc78)cc6c45)c3)cc2)cc1. The molecule has 244 valence electrons. The third-order valence-corrected chi connectivity index (χ3v) is 10.2. The molecule has 0 N–H and O–H groups in total. The average molecular weight is 664 g/mol. The van der Waals surface area contributed by atoms with E-state index >= 15 is 0 Å². The van der Waals surface area contributed by atoms with Crippen molar-refractivity contribution in [1.82, 2.24) is 0 Å². The Morgan fingerprint density at radius 1 is 0.346 bits per heavy atom. The maximum atomic E-state index is 6.82. The summed E-state index contributed by atoms with van der Waals surface area (Å²) in [6, 6.07) is 71.5. The molecule has 0 saturated carbocycles. The summed E-state index contributed by atoms with van der Waals surface area (Å²) in [4.78, 5) is 2.37. The van der Waals surface area contributed by atoms with Crippen LogP contribution in [-0.2, 0) is 0 Å². The number of hydrogen-bond acceptors (Lipinski definition) is 2. The molecule has 0 atom stereocenters. The summed E-state index contributed by atoms with van der Waals surface area (Å²) in [6.45, 7) is 0. The van der Waals surface area contributed by atoms with Crippen LogP contribution in [0.15, 0.2) is 205 Å². The molecule has 0 amide bonds. The summed E-state index contributed by atoms with van der Waals surface area (Å²) in [5.74, 6) is 0. The maximum Gasteiger partial charge on any atom is 0.143 e. The third-order valence-electron chi connectivity index (χ3n) is 10.2. The number of benzene rings is 9. The first-order valence-electron chi connectivity index (χ1n) is 17.8. The van der Waals surface area contributed by atoms with Crippen molar-refractivity contribution < 1.29 is 4.42 Å². The maximum absolute atomic E-state index is 6.82. The largest absolute Gasteiger partial charge is 0.455 e. The van der Waals surface area contributed by atoms with Gasteiger partial charge < -0.3 is 9.32 Å². The van der Waals surface area contributed by atoms with Crippen LogP contribution in [0, 0.1) is 0 Å². The molecule has 0 spiro atoms. The molecule has 0 radical (unpaired) electrons. The van der Waals surface area contributed by atoms with Gasteiger partial charge in [-0.05, 0) is 92.0 Å². The molecule has 1 aromatic heterocycles. The first kappa shape index (κ1) is 30.0. The summed E-state index contributed by atoms with van der Waals surface area (Å²) in [6.07, 6.45) is 0. The summed E-state index contributed by atoms with van der Waals surface area (Å²) in [5.41, 5.74) is 12.2. The minimum atomic E-state index is 0.862. The minimum absolute atomic E-state index is 0.862. The molecule has 10 aromatic rings. The van der Waals surface area contributed by atoms with E-state index < -0.39 is 0 Å². The van der Waals surface area contributed by atoms with Gasteiger partial charge in [0.1, 0.15) is 11.2 Å². The topological polar surface area (TPSA) is 16.4 Å². The van der Waals surface area contributed by atoms with Gasteiger partial charge in [0.2, 0.25) is 0 Å². The second-order valence-electron chi connectivity index (χ2n) is 13.3. The number of fused-ring (bicyclic) bond motifs is 6. The first-order valence-corrected chi connectivity index (χ1v) is 17.8. The quantitative estimate of drug-likeness (QED) is 0.176. The van der Waals surface area contributed by atoms with Crippen LogP contribution >= 0.6 is 0 Å². The van der Waals surface area contributed by atoms with E-state index in [9.17, 15) is 0 Å². The zero-order valence-corrected chi connectivity index (χ0v) is 28.4. The lowest BCUT2D eigenvalue weighted by atomic mass is 9.92. The Hall–Kier alpha value is -6.90. The van der Waals surface area contributed by atoms with Crippen LogP contribution in [0.25, 0.3) is 76.9 Å². The summed E-state index contributed by atoms with van der Waals surface area (Å²) < 4.78 is 6.82. The fourth-order valence-corrected chi connectivity index (χ4v) is 7.81. The summed E-state index contributed by atoms with van der Waals surface area (Å²) >= 11 is 0. The normalized spacial score (nSPS) is 11.5. The highest BCUT2D eigenvalue weighted by Gasteiger charge is 2.22. The standard InChI is InChI=1S/C50H33NO/c1-3-14-34(15-4-1)35-28-30-36(31-29-35)38-18-11-21-40(32-38)51(39-19-5-2-6-20-39)47-26-13-27-48-49(47)46-33-45(43-23-9-10-24-44(43)50(46)52-48)42-25-12-17-37-16-7-8-22-41(37)42/h1-33H. The second-order valence-corrected chi connectivity index (χ2v) is 13.3. The van der Waals surface area contributed by atoms with Gasteiger partial charge in [0.25, 0.3) is 0 Å². The van der Waals surface area contributed by atoms with Crippen LogP contribution in [0.4, 0.5) is 17.1 Å². The highest BCUT2D eigenvalue weighted by Crippen LogP contribution is 2.47. The van der Waals surface area contributed by atoms with E-state index in [1.165, 1.54) is 44.0 Å². The number of para-hydroxylation sites is 1. The van der Waals surface area contributed by atoms with Crippen LogP contribution in [-0.4, -0.2) is 0 Å². The van der Waals surface area contributed by atoms with Gasteiger partial charge in [-0.25, -0.2) is 0 Å². The third kappa shape index (κ3) is 5.04.